The van der Waals surface area contributed by atoms with Crippen molar-refractivity contribution in [2.24, 2.45) is 0 Å². The topological polar surface area (TPSA) is 92.5 Å². The number of methoxy groups -OCH3 is 2. The van der Waals surface area contributed by atoms with Gasteiger partial charge in [0.1, 0.15) is 0 Å². The highest BCUT2D eigenvalue weighted by molar-refractivity contribution is 6.35. The van der Waals surface area contributed by atoms with Gasteiger partial charge in [-0.15, -0.1) is 0 Å². The summed E-state index contributed by atoms with van der Waals surface area (Å²) < 4.78 is 10.4. The lowest BCUT2D eigenvalue weighted by Gasteiger charge is -2.10. The first-order valence-corrected chi connectivity index (χ1v) is 8.94. The zero-order valence-corrected chi connectivity index (χ0v) is 15.9. The number of hydrogen-bond acceptors (Lipinski definition) is 4. The van der Waals surface area contributed by atoms with Gasteiger partial charge in [0.2, 0.25) is 0 Å². The summed E-state index contributed by atoms with van der Waals surface area (Å²) in [6.45, 7) is 0.597. The van der Waals surface area contributed by atoms with Gasteiger partial charge in [-0.2, -0.15) is 0 Å². The molecule has 0 saturated heterocycles. The van der Waals surface area contributed by atoms with E-state index in [9.17, 15) is 9.59 Å². The Morgan fingerprint density at radius 3 is 2.50 bits per heavy atom. The van der Waals surface area contributed by atoms with Crippen molar-refractivity contribution < 1.29 is 19.1 Å². The fourth-order valence-electron chi connectivity index (χ4n) is 2.98. The lowest BCUT2D eigenvalue weighted by atomic mass is 10.1. The van der Waals surface area contributed by atoms with E-state index in [0.717, 1.165) is 22.0 Å². The molecule has 0 fully saturated rings. The van der Waals surface area contributed by atoms with E-state index in [2.05, 4.69) is 15.6 Å². The third-order valence-corrected chi connectivity index (χ3v) is 4.46. The first kappa shape index (κ1) is 19.3. The fourth-order valence-corrected chi connectivity index (χ4v) is 2.98. The zero-order valence-electron chi connectivity index (χ0n) is 15.9. The number of fused-ring (bicyclic) bond motifs is 1. The zero-order chi connectivity index (χ0) is 19.9. The Hall–Kier alpha value is -3.48. The molecule has 2 aromatic carbocycles. The molecular formula is C21H23N3O4. The maximum Gasteiger partial charge on any atom is 0.309 e. The Kier molecular flexibility index (Phi) is 6.16. The largest absolute Gasteiger partial charge is 0.493 e. The molecule has 2 amide bonds. The van der Waals surface area contributed by atoms with Gasteiger partial charge in [0, 0.05) is 30.2 Å². The highest BCUT2D eigenvalue weighted by atomic mass is 16.5. The average molecular weight is 381 g/mol. The van der Waals surface area contributed by atoms with Crippen LogP contribution in [0.3, 0.4) is 0 Å². The number of nitrogens with one attached hydrogen (secondary N) is 3. The van der Waals surface area contributed by atoms with Crippen LogP contribution in [0.25, 0.3) is 10.9 Å². The highest BCUT2D eigenvalue weighted by Gasteiger charge is 2.13. The molecule has 3 aromatic rings. The Labute approximate surface area is 163 Å². The molecule has 3 N–H and O–H groups in total. The molecule has 0 atom stereocenters. The van der Waals surface area contributed by atoms with E-state index in [1.165, 1.54) is 0 Å². The van der Waals surface area contributed by atoms with E-state index >= 15 is 0 Å². The van der Waals surface area contributed by atoms with Gasteiger partial charge in [0.25, 0.3) is 0 Å². The fraction of sp³-hybridized carbons (Fsp3) is 0.238. The summed E-state index contributed by atoms with van der Waals surface area (Å²) in [6.07, 6.45) is 2.56. The number of amides is 2. The maximum atomic E-state index is 12.0. The number of para-hydroxylation sites is 1. The second-order valence-electron chi connectivity index (χ2n) is 6.24. The van der Waals surface area contributed by atoms with E-state index in [0.29, 0.717) is 24.5 Å². The molecule has 1 heterocycles. The van der Waals surface area contributed by atoms with Crippen molar-refractivity contribution in [1.29, 1.82) is 0 Å². The quantitative estimate of drug-likeness (QED) is 0.547. The molecule has 3 rings (SSSR count). The van der Waals surface area contributed by atoms with Crippen molar-refractivity contribution in [3.8, 4) is 11.5 Å². The monoisotopic (exact) mass is 381 g/mol. The van der Waals surface area contributed by atoms with Crippen LogP contribution in [0.15, 0.2) is 48.7 Å². The second-order valence-corrected chi connectivity index (χ2v) is 6.24. The van der Waals surface area contributed by atoms with Crippen molar-refractivity contribution >= 4 is 22.7 Å². The Morgan fingerprint density at radius 1 is 0.964 bits per heavy atom. The SMILES string of the molecule is COc1ccc(CNC(=O)C(=O)NCCc2c[nH]c3ccccc23)cc1OC. The molecule has 0 spiro atoms. The van der Waals surface area contributed by atoms with Gasteiger partial charge < -0.3 is 25.1 Å². The van der Waals surface area contributed by atoms with Crippen molar-refractivity contribution in [3.05, 3.63) is 59.8 Å². The average Bonchev–Trinajstić information content (AvgIpc) is 3.14. The van der Waals surface area contributed by atoms with E-state index in [-0.39, 0.29) is 6.54 Å². The third kappa shape index (κ3) is 4.43. The summed E-state index contributed by atoms with van der Waals surface area (Å²) in [7, 11) is 3.10. The first-order chi connectivity index (χ1) is 13.6. The molecule has 0 saturated carbocycles. The van der Waals surface area contributed by atoms with Crippen LogP contribution in [-0.2, 0) is 22.6 Å². The molecule has 0 unspecified atom stereocenters. The van der Waals surface area contributed by atoms with Crippen LogP contribution >= 0.6 is 0 Å². The number of hydrogen-bond donors (Lipinski definition) is 3. The molecule has 1 aromatic heterocycles. The molecule has 146 valence electrons. The van der Waals surface area contributed by atoms with Gasteiger partial charge in [-0.1, -0.05) is 24.3 Å². The number of aromatic nitrogens is 1. The van der Waals surface area contributed by atoms with Crippen LogP contribution in [-0.4, -0.2) is 37.6 Å². The molecule has 7 heteroatoms. The van der Waals surface area contributed by atoms with Crippen molar-refractivity contribution in [2.45, 2.75) is 13.0 Å². The van der Waals surface area contributed by atoms with Gasteiger partial charge in [-0.3, -0.25) is 9.59 Å². The molecule has 0 aliphatic heterocycles. The minimum atomic E-state index is -0.672. The summed E-state index contributed by atoms with van der Waals surface area (Å²) in [6, 6.07) is 13.3. The van der Waals surface area contributed by atoms with Gasteiger partial charge in [0.15, 0.2) is 11.5 Å². The van der Waals surface area contributed by atoms with Crippen LogP contribution in [0.4, 0.5) is 0 Å². The van der Waals surface area contributed by atoms with E-state index in [1.807, 2.05) is 30.5 Å². The molecule has 0 aliphatic rings. The second kappa shape index (κ2) is 8.94. The summed E-state index contributed by atoms with van der Waals surface area (Å²) in [4.78, 5) is 27.2. The Balaban J connectivity index is 1.47. The van der Waals surface area contributed by atoms with Gasteiger partial charge in [0.05, 0.1) is 14.2 Å². The molecule has 28 heavy (non-hydrogen) atoms. The number of benzene rings is 2. The van der Waals surface area contributed by atoms with Gasteiger partial charge in [-0.25, -0.2) is 0 Å². The number of aromatic amines is 1. The van der Waals surface area contributed by atoms with Crippen molar-refractivity contribution in [1.82, 2.24) is 15.6 Å². The number of rotatable bonds is 7. The van der Waals surface area contributed by atoms with E-state index < -0.39 is 11.8 Å². The van der Waals surface area contributed by atoms with Crippen LogP contribution < -0.4 is 20.1 Å². The predicted molar refractivity (Wildman–Crippen MR) is 106 cm³/mol. The number of ether oxygens (including phenoxy) is 2. The van der Waals surface area contributed by atoms with Crippen LogP contribution in [0, 0.1) is 0 Å². The summed E-state index contributed by atoms with van der Waals surface area (Å²) in [5, 5.41) is 6.38. The lowest BCUT2D eigenvalue weighted by molar-refractivity contribution is -0.139. The Bertz CT molecular complexity index is 981. The van der Waals surface area contributed by atoms with Crippen LogP contribution in [0.2, 0.25) is 0 Å². The van der Waals surface area contributed by atoms with Crippen LogP contribution in [0.5, 0.6) is 11.5 Å². The number of carbonyl (C=O) groups is 2. The summed E-state index contributed by atoms with van der Waals surface area (Å²) in [5.41, 5.74) is 2.95. The lowest BCUT2D eigenvalue weighted by Crippen LogP contribution is -2.40. The van der Waals surface area contributed by atoms with Crippen LogP contribution in [0.1, 0.15) is 11.1 Å². The smallest absolute Gasteiger partial charge is 0.309 e. The van der Waals surface area contributed by atoms with Crippen molar-refractivity contribution in [2.75, 3.05) is 20.8 Å². The summed E-state index contributed by atoms with van der Waals surface area (Å²) >= 11 is 0. The molecule has 0 bridgehead atoms. The molecule has 0 radical (unpaired) electrons. The minimum absolute atomic E-state index is 0.217. The standard InChI is InChI=1S/C21H23N3O4/c1-27-18-8-7-14(11-19(18)28-2)12-24-21(26)20(25)22-10-9-15-13-23-17-6-4-3-5-16(15)17/h3-8,11,13,23H,9-10,12H2,1-2H3,(H,22,25)(H,24,26). The number of carbonyl (C=O) groups excluding carboxylic acids is 2. The van der Waals surface area contributed by atoms with Crippen molar-refractivity contribution in [3.63, 3.8) is 0 Å². The third-order valence-electron chi connectivity index (χ3n) is 4.46. The Morgan fingerprint density at radius 2 is 1.71 bits per heavy atom. The minimum Gasteiger partial charge on any atom is -0.493 e. The molecule has 7 nitrogen and oxygen atoms in total. The molecular weight excluding hydrogens is 358 g/mol. The maximum absolute atomic E-state index is 12.0. The normalized spacial score (nSPS) is 10.5. The first-order valence-electron chi connectivity index (χ1n) is 8.94. The highest BCUT2D eigenvalue weighted by Crippen LogP contribution is 2.27. The van der Waals surface area contributed by atoms with E-state index in [4.69, 9.17) is 9.47 Å². The van der Waals surface area contributed by atoms with E-state index in [1.54, 1.807) is 32.4 Å². The van der Waals surface area contributed by atoms with Gasteiger partial charge in [-0.05, 0) is 35.7 Å². The van der Waals surface area contributed by atoms with Gasteiger partial charge >= 0.3 is 11.8 Å². The number of H-pyrrole nitrogens is 1. The summed E-state index contributed by atoms with van der Waals surface area (Å²) in [5.74, 6) is -0.154. The molecule has 0 aliphatic carbocycles. The predicted octanol–water partition coefficient (Wildman–Crippen LogP) is 2.16.